The van der Waals surface area contributed by atoms with E-state index in [0.717, 1.165) is 29.5 Å². The topological polar surface area (TPSA) is 35.6 Å². The maximum Gasteiger partial charge on any atom is 0.253 e. The van der Waals surface area contributed by atoms with Crippen molar-refractivity contribution < 1.29 is 4.79 Å². The number of amides is 1. The summed E-state index contributed by atoms with van der Waals surface area (Å²) < 4.78 is 0. The number of carbonyl (C=O) groups is 1. The van der Waals surface area contributed by atoms with E-state index in [2.05, 4.69) is 30.1 Å². The van der Waals surface area contributed by atoms with Gasteiger partial charge >= 0.3 is 0 Å². The zero-order valence-electron chi connectivity index (χ0n) is 14.7. The van der Waals surface area contributed by atoms with Crippen LogP contribution >= 0.6 is 12.2 Å². The molecule has 130 valence electrons. The zero-order chi connectivity index (χ0) is 17.8. The predicted octanol–water partition coefficient (Wildman–Crippen LogP) is 3.46. The van der Waals surface area contributed by atoms with Crippen molar-refractivity contribution in [2.75, 3.05) is 31.5 Å². The third-order valence-corrected chi connectivity index (χ3v) is 5.08. The van der Waals surface area contributed by atoms with Gasteiger partial charge in [0.15, 0.2) is 5.11 Å². The van der Waals surface area contributed by atoms with E-state index in [9.17, 15) is 4.79 Å². The lowest BCUT2D eigenvalue weighted by atomic mass is 10.1. The molecule has 3 rings (SSSR count). The number of benzene rings is 2. The molecule has 0 aromatic heterocycles. The number of piperazine rings is 1. The van der Waals surface area contributed by atoms with Crippen LogP contribution in [-0.4, -0.2) is 47.0 Å². The first-order valence-electron chi connectivity index (χ1n) is 8.53. The Morgan fingerprint density at radius 1 is 0.920 bits per heavy atom. The van der Waals surface area contributed by atoms with Gasteiger partial charge in [0.1, 0.15) is 0 Å². The van der Waals surface area contributed by atoms with Gasteiger partial charge in [-0.05, 0) is 55.4 Å². The van der Waals surface area contributed by atoms with E-state index in [-0.39, 0.29) is 5.91 Å². The molecular weight excluding hydrogens is 330 g/mol. The first-order valence-corrected chi connectivity index (χ1v) is 8.93. The van der Waals surface area contributed by atoms with Crippen LogP contribution in [0.15, 0.2) is 48.5 Å². The molecule has 1 amide bonds. The molecule has 4 nitrogen and oxygen atoms in total. The average Bonchev–Trinajstić information content (AvgIpc) is 2.65. The van der Waals surface area contributed by atoms with Crippen molar-refractivity contribution in [2.24, 2.45) is 0 Å². The smallest absolute Gasteiger partial charge is 0.253 e. The quantitative estimate of drug-likeness (QED) is 0.839. The van der Waals surface area contributed by atoms with Gasteiger partial charge in [-0.15, -0.1) is 0 Å². The van der Waals surface area contributed by atoms with Crippen LogP contribution in [0.2, 0.25) is 0 Å². The van der Waals surface area contributed by atoms with Crippen LogP contribution in [0, 0.1) is 13.8 Å². The summed E-state index contributed by atoms with van der Waals surface area (Å²) in [6.45, 7) is 7.05. The maximum absolute atomic E-state index is 12.5. The molecule has 0 bridgehead atoms. The monoisotopic (exact) mass is 353 g/mol. The molecule has 1 aliphatic heterocycles. The Hall–Kier alpha value is -2.40. The highest BCUT2D eigenvalue weighted by Crippen LogP contribution is 2.19. The fraction of sp³-hybridized carbons (Fsp3) is 0.300. The second-order valence-electron chi connectivity index (χ2n) is 6.32. The second-order valence-corrected chi connectivity index (χ2v) is 6.71. The second kappa shape index (κ2) is 7.66. The molecule has 2 aromatic carbocycles. The highest BCUT2D eigenvalue weighted by Gasteiger charge is 2.23. The Morgan fingerprint density at radius 2 is 1.56 bits per heavy atom. The fourth-order valence-electron chi connectivity index (χ4n) is 2.96. The Bertz CT molecular complexity index is 768. The molecule has 0 spiro atoms. The fourth-order valence-corrected chi connectivity index (χ4v) is 3.25. The minimum Gasteiger partial charge on any atom is -0.345 e. The highest BCUT2D eigenvalue weighted by atomic mass is 32.1. The van der Waals surface area contributed by atoms with Gasteiger partial charge in [-0.3, -0.25) is 4.79 Å². The molecule has 0 unspecified atom stereocenters. The van der Waals surface area contributed by atoms with E-state index in [1.165, 1.54) is 11.1 Å². The Kier molecular flexibility index (Phi) is 5.34. The summed E-state index contributed by atoms with van der Waals surface area (Å²) in [6.07, 6.45) is 0. The normalized spacial score (nSPS) is 14.3. The van der Waals surface area contributed by atoms with Gasteiger partial charge < -0.3 is 15.1 Å². The number of aryl methyl sites for hydroxylation is 1. The molecule has 1 aliphatic rings. The van der Waals surface area contributed by atoms with Crippen molar-refractivity contribution >= 4 is 28.9 Å². The lowest BCUT2D eigenvalue weighted by molar-refractivity contribution is 0.0693. The van der Waals surface area contributed by atoms with Gasteiger partial charge in [0.2, 0.25) is 0 Å². The molecule has 1 heterocycles. The van der Waals surface area contributed by atoms with Crippen molar-refractivity contribution in [3.05, 3.63) is 65.2 Å². The molecule has 0 saturated carbocycles. The van der Waals surface area contributed by atoms with E-state index < -0.39 is 0 Å². The predicted molar refractivity (Wildman–Crippen MR) is 106 cm³/mol. The summed E-state index contributed by atoms with van der Waals surface area (Å²) in [6, 6.07) is 15.6. The summed E-state index contributed by atoms with van der Waals surface area (Å²) in [5.74, 6) is 0.0913. The van der Waals surface area contributed by atoms with Crippen molar-refractivity contribution in [3.8, 4) is 0 Å². The summed E-state index contributed by atoms with van der Waals surface area (Å²) in [5, 5.41) is 4.07. The molecule has 0 radical (unpaired) electrons. The lowest BCUT2D eigenvalue weighted by Crippen LogP contribution is -2.51. The van der Waals surface area contributed by atoms with Crippen LogP contribution < -0.4 is 5.32 Å². The van der Waals surface area contributed by atoms with Crippen LogP contribution in [0.1, 0.15) is 21.5 Å². The molecule has 0 atom stereocenters. The van der Waals surface area contributed by atoms with E-state index in [0.29, 0.717) is 13.1 Å². The standard InChI is InChI=1S/C20H23N3OS/c1-15-7-6-10-18(16(15)2)21-20(25)23-13-11-22(12-14-23)19(24)17-8-4-3-5-9-17/h3-10H,11-14H2,1-2H3,(H,21,25). The van der Waals surface area contributed by atoms with Gasteiger partial charge in [-0.1, -0.05) is 30.3 Å². The molecule has 1 fully saturated rings. The minimum atomic E-state index is 0.0913. The zero-order valence-corrected chi connectivity index (χ0v) is 15.5. The van der Waals surface area contributed by atoms with Crippen LogP contribution in [0.25, 0.3) is 0 Å². The largest absolute Gasteiger partial charge is 0.345 e. The average molecular weight is 353 g/mol. The first-order chi connectivity index (χ1) is 12.1. The number of nitrogens with zero attached hydrogens (tertiary/aromatic N) is 2. The summed E-state index contributed by atoms with van der Waals surface area (Å²) in [4.78, 5) is 16.5. The first kappa shape index (κ1) is 17.4. The van der Waals surface area contributed by atoms with E-state index in [4.69, 9.17) is 12.2 Å². The third-order valence-electron chi connectivity index (χ3n) is 4.72. The summed E-state index contributed by atoms with van der Waals surface area (Å²) in [5.41, 5.74) is 4.24. The van der Waals surface area contributed by atoms with Crippen molar-refractivity contribution in [1.29, 1.82) is 0 Å². The van der Waals surface area contributed by atoms with Crippen molar-refractivity contribution in [3.63, 3.8) is 0 Å². The molecule has 5 heteroatoms. The Labute approximate surface area is 154 Å². The van der Waals surface area contributed by atoms with Gasteiger partial charge in [0.25, 0.3) is 5.91 Å². The summed E-state index contributed by atoms with van der Waals surface area (Å²) in [7, 11) is 0. The highest BCUT2D eigenvalue weighted by molar-refractivity contribution is 7.80. The van der Waals surface area contributed by atoms with E-state index in [1.54, 1.807) is 0 Å². The van der Waals surface area contributed by atoms with Crippen molar-refractivity contribution in [1.82, 2.24) is 9.80 Å². The SMILES string of the molecule is Cc1cccc(NC(=S)N2CCN(C(=O)c3ccccc3)CC2)c1C. The Morgan fingerprint density at radius 3 is 2.24 bits per heavy atom. The Balaban J connectivity index is 1.58. The number of anilines is 1. The molecule has 2 aromatic rings. The summed E-state index contributed by atoms with van der Waals surface area (Å²) >= 11 is 5.57. The van der Waals surface area contributed by atoms with Crippen LogP contribution in [0.3, 0.4) is 0 Å². The van der Waals surface area contributed by atoms with Gasteiger partial charge in [-0.2, -0.15) is 0 Å². The molecule has 1 N–H and O–H groups in total. The number of hydrogen-bond acceptors (Lipinski definition) is 2. The van der Waals surface area contributed by atoms with Gasteiger partial charge in [0, 0.05) is 37.4 Å². The molecule has 0 aliphatic carbocycles. The van der Waals surface area contributed by atoms with E-state index >= 15 is 0 Å². The minimum absolute atomic E-state index is 0.0913. The van der Waals surface area contributed by atoms with Crippen LogP contribution in [0.5, 0.6) is 0 Å². The number of hydrogen-bond donors (Lipinski definition) is 1. The third kappa shape index (κ3) is 3.99. The van der Waals surface area contributed by atoms with E-state index in [1.807, 2.05) is 47.4 Å². The van der Waals surface area contributed by atoms with Gasteiger partial charge in [0.05, 0.1) is 0 Å². The van der Waals surface area contributed by atoms with Gasteiger partial charge in [-0.25, -0.2) is 0 Å². The maximum atomic E-state index is 12.5. The molecule has 25 heavy (non-hydrogen) atoms. The number of carbonyl (C=O) groups excluding carboxylic acids is 1. The van der Waals surface area contributed by atoms with Crippen molar-refractivity contribution in [2.45, 2.75) is 13.8 Å². The lowest BCUT2D eigenvalue weighted by Gasteiger charge is -2.36. The van der Waals surface area contributed by atoms with Crippen LogP contribution in [0.4, 0.5) is 5.69 Å². The number of nitrogens with one attached hydrogen (secondary N) is 1. The van der Waals surface area contributed by atoms with Crippen LogP contribution in [-0.2, 0) is 0 Å². The number of thiocarbonyl (C=S) groups is 1. The number of rotatable bonds is 2. The molecular formula is C20H23N3OS. The molecule has 1 saturated heterocycles.